The molecular formula is C43H55BN2. The van der Waals surface area contributed by atoms with Gasteiger partial charge in [0.15, 0.2) is 0 Å². The summed E-state index contributed by atoms with van der Waals surface area (Å²) < 4.78 is 0. The first-order valence-corrected chi connectivity index (χ1v) is 18.6. The van der Waals surface area contributed by atoms with Gasteiger partial charge in [-0.25, -0.2) is 0 Å². The predicted molar refractivity (Wildman–Crippen MR) is 199 cm³/mol. The van der Waals surface area contributed by atoms with E-state index in [9.17, 15) is 0 Å². The normalized spacial score (nSPS) is 31.1. The molecule has 9 rings (SSSR count). The van der Waals surface area contributed by atoms with Crippen molar-refractivity contribution in [1.29, 1.82) is 0 Å². The van der Waals surface area contributed by atoms with Gasteiger partial charge in [-0.05, 0) is 180 Å². The molecule has 4 aliphatic heterocycles. The molecule has 4 atom stereocenters. The fourth-order valence-corrected chi connectivity index (χ4v) is 13.0. The Kier molecular flexibility index (Phi) is 5.43. The first kappa shape index (κ1) is 29.5. The van der Waals surface area contributed by atoms with Crippen LogP contribution in [0.15, 0.2) is 0 Å². The highest BCUT2D eigenvalue weighted by atomic mass is 15.3. The highest BCUT2D eigenvalue weighted by Gasteiger charge is 2.67. The van der Waals surface area contributed by atoms with Crippen molar-refractivity contribution in [2.45, 2.75) is 163 Å². The topological polar surface area (TPSA) is 6.48 Å². The van der Waals surface area contributed by atoms with E-state index in [0.29, 0.717) is 0 Å². The van der Waals surface area contributed by atoms with E-state index < -0.39 is 0 Å². The summed E-state index contributed by atoms with van der Waals surface area (Å²) in [7, 11) is 0. The maximum absolute atomic E-state index is 3.09. The standard InChI is InChI=1S/C43H55BN2/c1-22-26(5)32-31-25(4)23(2)30(9)37-36(31)44(46-38(32)33(27(22)6)41(11)19-15-17-21-43(41,46)13)35-29(8)24(3)28(7)34-39(35)45(37)42(12)20-16-14-18-40(34,42)10/h14-21H2,1-13H3. The Morgan fingerprint density at radius 2 is 0.913 bits per heavy atom. The Balaban J connectivity index is 1.55. The fourth-order valence-electron chi connectivity index (χ4n) is 13.0. The zero-order chi connectivity index (χ0) is 32.8. The third kappa shape index (κ3) is 2.71. The molecule has 0 N–H and O–H groups in total. The minimum Gasteiger partial charge on any atom is -0.400 e. The van der Waals surface area contributed by atoms with Crippen LogP contribution in [0.5, 0.6) is 0 Å². The number of nitrogens with zero attached hydrogens (tertiary/aromatic N) is 2. The quantitative estimate of drug-likeness (QED) is 0.234. The summed E-state index contributed by atoms with van der Waals surface area (Å²) in [4.78, 5) is 6.09. The van der Waals surface area contributed by atoms with Crippen LogP contribution < -0.4 is 20.6 Å². The molecule has 46 heavy (non-hydrogen) atoms. The minimum absolute atomic E-state index is 0.0659. The third-order valence-electron chi connectivity index (χ3n) is 16.6. The SMILES string of the molecule is Cc1c(C)c2c3c(c1C)N1c4c(c(C)c(C)c(C)c4C4(C)CCCCC14C)B3N1c3c-2c(C)c(C)c(C)c3C2(C)CCCCC12C. The van der Waals surface area contributed by atoms with E-state index in [1.165, 1.54) is 84.7 Å². The van der Waals surface area contributed by atoms with Crippen molar-refractivity contribution in [2.75, 3.05) is 9.71 Å². The van der Waals surface area contributed by atoms with Crippen molar-refractivity contribution in [2.24, 2.45) is 0 Å². The molecule has 6 aliphatic rings. The van der Waals surface area contributed by atoms with Gasteiger partial charge in [-0.3, -0.25) is 0 Å². The van der Waals surface area contributed by atoms with E-state index in [4.69, 9.17) is 0 Å². The molecular weight excluding hydrogens is 555 g/mol. The highest BCUT2D eigenvalue weighted by Crippen LogP contribution is 2.68. The molecule has 0 radical (unpaired) electrons. The second-order valence-electron chi connectivity index (χ2n) is 17.7. The summed E-state index contributed by atoms with van der Waals surface area (Å²) in [6, 6.07) is 0. The fraction of sp³-hybridized carbons (Fsp3) is 0.581. The summed E-state index contributed by atoms with van der Waals surface area (Å²) in [6.45, 7) is 33.0. The number of anilines is 3. The molecule has 3 heteroatoms. The molecule has 3 aromatic carbocycles. The maximum Gasteiger partial charge on any atom is 0.329 e. The molecule has 0 bridgehead atoms. The van der Waals surface area contributed by atoms with Crippen molar-refractivity contribution >= 4 is 34.8 Å². The second kappa shape index (κ2) is 8.48. The van der Waals surface area contributed by atoms with E-state index >= 15 is 0 Å². The predicted octanol–water partition coefficient (Wildman–Crippen LogP) is 9.71. The van der Waals surface area contributed by atoms with Crippen LogP contribution in [-0.2, 0) is 10.8 Å². The van der Waals surface area contributed by atoms with Crippen molar-refractivity contribution in [1.82, 2.24) is 0 Å². The number of rotatable bonds is 0. The van der Waals surface area contributed by atoms with Gasteiger partial charge in [0.05, 0.1) is 5.54 Å². The van der Waals surface area contributed by atoms with E-state index in [-0.39, 0.29) is 28.8 Å². The van der Waals surface area contributed by atoms with Gasteiger partial charge >= 0.3 is 6.85 Å². The van der Waals surface area contributed by atoms with Gasteiger partial charge in [0.2, 0.25) is 0 Å². The van der Waals surface area contributed by atoms with Crippen molar-refractivity contribution in [3.05, 3.63) is 61.2 Å². The first-order chi connectivity index (χ1) is 21.6. The maximum atomic E-state index is 3.09. The molecule has 2 nitrogen and oxygen atoms in total. The van der Waals surface area contributed by atoms with Gasteiger partial charge in [-0.1, -0.05) is 39.5 Å². The van der Waals surface area contributed by atoms with Gasteiger partial charge in [-0.2, -0.15) is 0 Å². The lowest BCUT2D eigenvalue weighted by atomic mass is 9.40. The first-order valence-electron chi connectivity index (χ1n) is 18.6. The van der Waals surface area contributed by atoms with Crippen LogP contribution >= 0.6 is 0 Å². The molecule has 0 saturated heterocycles. The van der Waals surface area contributed by atoms with E-state index in [0.717, 1.165) is 0 Å². The average molecular weight is 611 g/mol. The Bertz CT molecular complexity index is 1980. The summed E-state index contributed by atoms with van der Waals surface area (Å²) >= 11 is 0. The smallest absolute Gasteiger partial charge is 0.329 e. The van der Waals surface area contributed by atoms with Crippen LogP contribution in [0.25, 0.3) is 11.1 Å². The van der Waals surface area contributed by atoms with E-state index in [2.05, 4.69) is 99.7 Å². The minimum atomic E-state index is 0.0659. The Morgan fingerprint density at radius 3 is 1.54 bits per heavy atom. The monoisotopic (exact) mass is 610 g/mol. The highest BCUT2D eigenvalue weighted by molar-refractivity contribution is 6.93. The number of hydrogen-bond donors (Lipinski definition) is 0. The summed E-state index contributed by atoms with van der Waals surface area (Å²) in [5.74, 6) is 0. The number of benzene rings is 3. The zero-order valence-electron chi connectivity index (χ0n) is 31.1. The molecule has 4 unspecified atom stereocenters. The molecule has 2 aliphatic carbocycles. The third-order valence-corrected chi connectivity index (χ3v) is 16.6. The van der Waals surface area contributed by atoms with Crippen LogP contribution in [0.4, 0.5) is 17.1 Å². The average Bonchev–Trinajstić information content (AvgIpc) is 3.37. The lowest BCUT2D eigenvalue weighted by molar-refractivity contribution is 0.194. The molecule has 4 heterocycles. The van der Waals surface area contributed by atoms with Crippen LogP contribution in [0, 0.1) is 62.3 Å². The number of fused-ring (bicyclic) bond motifs is 10. The molecule has 0 aromatic heterocycles. The van der Waals surface area contributed by atoms with Crippen molar-refractivity contribution < 1.29 is 0 Å². The van der Waals surface area contributed by atoms with E-state index in [1.807, 2.05) is 0 Å². The number of hydrogen-bond acceptors (Lipinski definition) is 2. The summed E-state index contributed by atoms with van der Waals surface area (Å²) in [5.41, 5.74) is 28.8. The van der Waals surface area contributed by atoms with Gasteiger partial charge in [0, 0.05) is 39.0 Å². The summed E-state index contributed by atoms with van der Waals surface area (Å²) in [6.07, 6.45) is 10.4. The lowest BCUT2D eigenvalue weighted by Crippen LogP contribution is -2.72. The Labute approximate surface area is 279 Å². The molecule has 2 saturated carbocycles. The van der Waals surface area contributed by atoms with Crippen LogP contribution in [-0.4, -0.2) is 17.9 Å². The molecule has 0 spiro atoms. The van der Waals surface area contributed by atoms with Crippen molar-refractivity contribution in [3.63, 3.8) is 0 Å². The van der Waals surface area contributed by atoms with Crippen LogP contribution in [0.3, 0.4) is 0 Å². The van der Waals surface area contributed by atoms with Gasteiger partial charge in [-0.15, -0.1) is 0 Å². The molecule has 3 aromatic rings. The zero-order valence-corrected chi connectivity index (χ0v) is 31.1. The van der Waals surface area contributed by atoms with Crippen molar-refractivity contribution in [3.8, 4) is 11.1 Å². The molecule has 0 amide bonds. The second-order valence-corrected chi connectivity index (χ2v) is 17.7. The van der Waals surface area contributed by atoms with E-state index in [1.54, 1.807) is 66.9 Å². The van der Waals surface area contributed by atoms with Crippen LogP contribution in [0.1, 0.15) is 140 Å². The van der Waals surface area contributed by atoms with Gasteiger partial charge in [0.1, 0.15) is 0 Å². The Hall–Kier alpha value is -2.68. The largest absolute Gasteiger partial charge is 0.400 e. The molecule has 2 fully saturated rings. The lowest BCUT2D eigenvalue weighted by Gasteiger charge is -2.57. The Morgan fingerprint density at radius 1 is 0.435 bits per heavy atom. The van der Waals surface area contributed by atoms with Gasteiger partial charge < -0.3 is 9.71 Å². The van der Waals surface area contributed by atoms with Gasteiger partial charge in [0.25, 0.3) is 0 Å². The summed E-state index contributed by atoms with van der Waals surface area (Å²) in [5, 5.41) is 0. The molecule has 240 valence electrons. The van der Waals surface area contributed by atoms with Crippen LogP contribution in [0.2, 0.25) is 0 Å².